The van der Waals surface area contributed by atoms with Gasteiger partial charge in [0.1, 0.15) is 0 Å². The molecule has 2 aliphatic rings. The van der Waals surface area contributed by atoms with E-state index in [9.17, 15) is 0 Å². The van der Waals surface area contributed by atoms with Crippen molar-refractivity contribution in [3.05, 3.63) is 144 Å². The Kier molecular flexibility index (Phi) is 3.73. The van der Waals surface area contributed by atoms with Gasteiger partial charge >= 0.3 is 0 Å². The van der Waals surface area contributed by atoms with Crippen molar-refractivity contribution in [2.75, 3.05) is 0 Å². The fraction of sp³-hybridized carbons (Fsp3) is 0.0270. The van der Waals surface area contributed by atoms with E-state index in [2.05, 4.69) is 121 Å². The predicted octanol–water partition coefficient (Wildman–Crippen LogP) is 10.8. The van der Waals surface area contributed by atoms with Crippen molar-refractivity contribution in [2.24, 2.45) is 0 Å². The van der Waals surface area contributed by atoms with Crippen LogP contribution in [0.3, 0.4) is 0 Å². The number of hydrogen-bond donors (Lipinski definition) is 0. The van der Waals surface area contributed by atoms with Crippen LogP contribution in [0, 0.1) is 0 Å². The SMILES string of the molecule is c1ccc2c(c1)-c1cc3sc4ccccc4c3cc1C21c2ccccc2-c2cc3sc4ccccc4c3cc21. The molecule has 0 aliphatic heterocycles. The van der Waals surface area contributed by atoms with E-state index >= 15 is 0 Å². The fourth-order valence-corrected chi connectivity index (χ4v) is 9.82. The highest BCUT2D eigenvalue weighted by Gasteiger charge is 2.52. The molecular formula is C37H20S2. The van der Waals surface area contributed by atoms with Gasteiger partial charge in [0, 0.05) is 40.3 Å². The molecule has 0 saturated heterocycles. The first kappa shape index (κ1) is 20.7. The van der Waals surface area contributed by atoms with Crippen LogP contribution in [0.4, 0.5) is 0 Å². The predicted molar refractivity (Wildman–Crippen MR) is 169 cm³/mol. The van der Waals surface area contributed by atoms with Crippen LogP contribution < -0.4 is 0 Å². The topological polar surface area (TPSA) is 0 Å². The van der Waals surface area contributed by atoms with Crippen LogP contribution in [0.15, 0.2) is 121 Å². The highest BCUT2D eigenvalue weighted by atomic mass is 32.1. The molecule has 0 unspecified atom stereocenters. The van der Waals surface area contributed by atoms with Gasteiger partial charge in [0.2, 0.25) is 0 Å². The van der Waals surface area contributed by atoms with E-state index in [-0.39, 0.29) is 5.41 Å². The van der Waals surface area contributed by atoms with Gasteiger partial charge in [0.05, 0.1) is 5.41 Å². The van der Waals surface area contributed by atoms with Gasteiger partial charge in [-0.05, 0) is 80.9 Å². The summed E-state index contributed by atoms with van der Waals surface area (Å²) in [6, 6.07) is 46.0. The smallest absolute Gasteiger partial charge is 0.0726 e. The molecule has 0 atom stereocenters. The Bertz CT molecular complexity index is 2180. The third-order valence-corrected chi connectivity index (χ3v) is 11.4. The molecule has 39 heavy (non-hydrogen) atoms. The zero-order valence-electron chi connectivity index (χ0n) is 20.9. The third kappa shape index (κ3) is 2.37. The zero-order valence-corrected chi connectivity index (χ0v) is 22.5. The summed E-state index contributed by atoms with van der Waals surface area (Å²) in [6.45, 7) is 0. The van der Waals surface area contributed by atoms with Gasteiger partial charge in [0.15, 0.2) is 0 Å². The van der Waals surface area contributed by atoms with Gasteiger partial charge in [-0.3, -0.25) is 0 Å². The fourth-order valence-electron chi connectivity index (χ4n) is 7.57. The Balaban J connectivity index is 1.43. The number of fused-ring (bicyclic) bond motifs is 16. The van der Waals surface area contributed by atoms with Crippen LogP contribution in [-0.4, -0.2) is 0 Å². The van der Waals surface area contributed by atoms with Gasteiger partial charge in [-0.15, -0.1) is 22.7 Å². The molecule has 6 aromatic carbocycles. The first-order valence-electron chi connectivity index (χ1n) is 13.4. The van der Waals surface area contributed by atoms with E-state index in [0.29, 0.717) is 0 Å². The summed E-state index contributed by atoms with van der Waals surface area (Å²) in [5.41, 5.74) is 10.8. The van der Waals surface area contributed by atoms with Crippen LogP contribution in [-0.2, 0) is 5.41 Å². The largest absolute Gasteiger partial charge is 0.135 e. The summed E-state index contributed by atoms with van der Waals surface area (Å²) < 4.78 is 5.45. The molecular weight excluding hydrogens is 509 g/mol. The standard InChI is InChI=1S/C37H20S2/c1-5-13-29-21(9-1)25-19-35-27(23-11-3-7-15-33(23)38-35)17-31(25)37(29)30-14-6-2-10-22(30)26-20-36-28(18-32(26)37)24-12-4-8-16-34(24)39-36/h1-20H. The molecule has 0 radical (unpaired) electrons. The lowest BCUT2D eigenvalue weighted by atomic mass is 9.70. The van der Waals surface area contributed by atoms with Crippen molar-refractivity contribution in [3.8, 4) is 22.3 Å². The van der Waals surface area contributed by atoms with E-state index < -0.39 is 0 Å². The number of thiophene rings is 2. The third-order valence-electron chi connectivity index (χ3n) is 9.08. The summed E-state index contributed by atoms with van der Waals surface area (Å²) >= 11 is 3.82. The Morgan fingerprint density at radius 1 is 0.333 bits per heavy atom. The monoisotopic (exact) mass is 528 g/mol. The minimum atomic E-state index is -0.327. The second kappa shape index (κ2) is 7.04. The molecule has 0 bridgehead atoms. The normalized spacial score (nSPS) is 14.4. The van der Waals surface area contributed by atoms with Crippen molar-refractivity contribution in [2.45, 2.75) is 5.41 Å². The molecule has 1 spiro atoms. The molecule has 2 heteroatoms. The number of hydrogen-bond acceptors (Lipinski definition) is 2. The summed E-state index contributed by atoms with van der Waals surface area (Å²) in [5.74, 6) is 0. The lowest BCUT2D eigenvalue weighted by Crippen LogP contribution is -2.25. The second-order valence-corrected chi connectivity index (χ2v) is 13.0. The van der Waals surface area contributed by atoms with Gasteiger partial charge in [-0.25, -0.2) is 0 Å². The van der Waals surface area contributed by atoms with Crippen molar-refractivity contribution in [1.82, 2.24) is 0 Å². The first-order chi connectivity index (χ1) is 19.3. The maximum Gasteiger partial charge on any atom is 0.0726 e. The molecule has 0 saturated carbocycles. The van der Waals surface area contributed by atoms with Gasteiger partial charge < -0.3 is 0 Å². The van der Waals surface area contributed by atoms with E-state index in [1.807, 2.05) is 22.7 Å². The number of rotatable bonds is 0. The summed E-state index contributed by atoms with van der Waals surface area (Å²) in [7, 11) is 0. The van der Waals surface area contributed by atoms with E-state index in [4.69, 9.17) is 0 Å². The van der Waals surface area contributed by atoms with E-state index in [1.54, 1.807) is 0 Å². The van der Waals surface area contributed by atoms with Crippen molar-refractivity contribution in [1.29, 1.82) is 0 Å². The van der Waals surface area contributed by atoms with Crippen molar-refractivity contribution < 1.29 is 0 Å². The molecule has 0 fully saturated rings. The average Bonchev–Trinajstić information content (AvgIpc) is 3.69. The zero-order chi connectivity index (χ0) is 25.3. The van der Waals surface area contributed by atoms with Crippen LogP contribution in [0.25, 0.3) is 62.6 Å². The van der Waals surface area contributed by atoms with Crippen LogP contribution in [0.5, 0.6) is 0 Å². The van der Waals surface area contributed by atoms with Crippen LogP contribution in [0.2, 0.25) is 0 Å². The average molecular weight is 529 g/mol. The Morgan fingerprint density at radius 3 is 1.28 bits per heavy atom. The van der Waals surface area contributed by atoms with E-state index in [0.717, 1.165) is 0 Å². The van der Waals surface area contributed by atoms with Crippen molar-refractivity contribution in [3.63, 3.8) is 0 Å². The van der Waals surface area contributed by atoms with Gasteiger partial charge in [-0.1, -0.05) is 84.9 Å². The Labute approximate surface area is 233 Å². The highest BCUT2D eigenvalue weighted by Crippen LogP contribution is 2.64. The molecule has 8 aromatic rings. The Hall–Kier alpha value is -4.24. The number of benzene rings is 6. The summed E-state index contributed by atoms with van der Waals surface area (Å²) in [4.78, 5) is 0. The minimum Gasteiger partial charge on any atom is -0.135 e. The minimum absolute atomic E-state index is 0.327. The lowest BCUT2D eigenvalue weighted by Gasteiger charge is -2.30. The van der Waals surface area contributed by atoms with Crippen LogP contribution in [0.1, 0.15) is 22.3 Å². The maximum atomic E-state index is 2.53. The molecule has 2 aliphatic carbocycles. The van der Waals surface area contributed by atoms with E-state index in [1.165, 1.54) is 84.9 Å². The molecule has 180 valence electrons. The lowest BCUT2D eigenvalue weighted by molar-refractivity contribution is 0.796. The highest BCUT2D eigenvalue weighted by molar-refractivity contribution is 7.26. The summed E-state index contributed by atoms with van der Waals surface area (Å²) in [6.07, 6.45) is 0. The molecule has 10 rings (SSSR count). The first-order valence-corrected chi connectivity index (χ1v) is 15.1. The molecule has 2 heterocycles. The quantitative estimate of drug-likeness (QED) is 0.184. The second-order valence-electron chi connectivity index (χ2n) is 10.8. The van der Waals surface area contributed by atoms with Gasteiger partial charge in [-0.2, -0.15) is 0 Å². The van der Waals surface area contributed by atoms with Crippen LogP contribution >= 0.6 is 22.7 Å². The Morgan fingerprint density at radius 2 is 0.769 bits per heavy atom. The molecule has 0 amide bonds. The van der Waals surface area contributed by atoms with Gasteiger partial charge in [0.25, 0.3) is 0 Å². The van der Waals surface area contributed by atoms with Crippen molar-refractivity contribution >= 4 is 63.0 Å². The molecule has 0 N–H and O–H groups in total. The molecule has 2 aromatic heterocycles. The summed E-state index contributed by atoms with van der Waals surface area (Å²) in [5, 5.41) is 5.46. The maximum absolute atomic E-state index is 2.53. The molecule has 0 nitrogen and oxygen atoms in total.